The Morgan fingerprint density at radius 3 is 2.61 bits per heavy atom. The van der Waals surface area contributed by atoms with Crippen molar-refractivity contribution in [3.8, 4) is 6.07 Å². The number of benzene rings is 1. The van der Waals surface area contributed by atoms with Gasteiger partial charge in [-0.2, -0.15) is 5.26 Å². The highest BCUT2D eigenvalue weighted by Gasteiger charge is 2.17. The smallest absolute Gasteiger partial charge is 0.252 e. The first-order valence-corrected chi connectivity index (χ1v) is 5.99. The summed E-state index contributed by atoms with van der Waals surface area (Å²) in [7, 11) is 0. The van der Waals surface area contributed by atoms with Gasteiger partial charge in [0.1, 0.15) is 5.76 Å². The van der Waals surface area contributed by atoms with Crippen molar-refractivity contribution in [3.63, 3.8) is 0 Å². The quantitative estimate of drug-likeness (QED) is 0.948. The molecule has 0 aliphatic carbocycles. The number of furan rings is 1. The second-order valence-electron chi connectivity index (χ2n) is 3.56. The van der Waals surface area contributed by atoms with E-state index in [9.17, 15) is 4.79 Å². The van der Waals surface area contributed by atoms with E-state index in [1.807, 2.05) is 6.07 Å². The minimum atomic E-state index is -0.781. The van der Waals surface area contributed by atoms with E-state index in [0.717, 1.165) is 4.47 Å². The molecular formula is C13H9BrN2O2. The Hall–Kier alpha value is -2.06. The van der Waals surface area contributed by atoms with Crippen LogP contribution in [-0.4, -0.2) is 5.91 Å². The summed E-state index contributed by atoms with van der Waals surface area (Å²) in [5, 5.41) is 11.6. The van der Waals surface area contributed by atoms with Crippen molar-refractivity contribution in [3.05, 3.63) is 58.5 Å². The van der Waals surface area contributed by atoms with Crippen LogP contribution in [0.15, 0.2) is 51.6 Å². The Kier molecular flexibility index (Phi) is 3.80. The first-order chi connectivity index (χ1) is 8.70. The van der Waals surface area contributed by atoms with Crippen LogP contribution < -0.4 is 5.32 Å². The molecule has 1 aromatic carbocycles. The van der Waals surface area contributed by atoms with Gasteiger partial charge in [0, 0.05) is 10.0 Å². The van der Waals surface area contributed by atoms with Crippen LogP contribution in [0.2, 0.25) is 0 Å². The minimum absolute atomic E-state index is 0.314. The largest absolute Gasteiger partial charge is 0.466 e. The molecule has 90 valence electrons. The molecule has 2 rings (SSSR count). The zero-order chi connectivity index (χ0) is 13.0. The first kappa shape index (κ1) is 12.4. The molecule has 18 heavy (non-hydrogen) atoms. The van der Waals surface area contributed by atoms with Gasteiger partial charge in [0.15, 0.2) is 6.04 Å². The lowest BCUT2D eigenvalue weighted by Crippen LogP contribution is -2.27. The minimum Gasteiger partial charge on any atom is -0.466 e. The third-order valence-corrected chi connectivity index (χ3v) is 2.87. The summed E-state index contributed by atoms with van der Waals surface area (Å²) in [6.07, 6.45) is 1.46. The molecule has 2 aromatic rings. The number of nitriles is 1. The van der Waals surface area contributed by atoms with E-state index >= 15 is 0 Å². The van der Waals surface area contributed by atoms with Crippen molar-refractivity contribution < 1.29 is 9.21 Å². The fourth-order valence-electron chi connectivity index (χ4n) is 1.44. The lowest BCUT2D eigenvalue weighted by molar-refractivity contribution is 0.0941. The summed E-state index contributed by atoms with van der Waals surface area (Å²) in [6, 6.07) is 11.4. The van der Waals surface area contributed by atoms with Crippen LogP contribution >= 0.6 is 15.9 Å². The summed E-state index contributed by atoms with van der Waals surface area (Å²) >= 11 is 3.29. The number of amides is 1. The van der Waals surface area contributed by atoms with Crippen LogP contribution in [0.25, 0.3) is 0 Å². The summed E-state index contributed by atoms with van der Waals surface area (Å²) in [6.45, 7) is 0. The number of halogens is 1. The molecule has 4 nitrogen and oxygen atoms in total. The van der Waals surface area contributed by atoms with Gasteiger partial charge in [0.2, 0.25) is 0 Å². The van der Waals surface area contributed by atoms with Crippen LogP contribution in [0.4, 0.5) is 0 Å². The number of carbonyl (C=O) groups is 1. The number of rotatable bonds is 3. The molecule has 0 radical (unpaired) electrons. The Morgan fingerprint density at radius 1 is 1.33 bits per heavy atom. The molecule has 0 aliphatic rings. The van der Waals surface area contributed by atoms with Gasteiger partial charge in [-0.05, 0) is 36.4 Å². The van der Waals surface area contributed by atoms with Crippen LogP contribution in [0.5, 0.6) is 0 Å². The average molecular weight is 305 g/mol. The maximum absolute atomic E-state index is 11.9. The van der Waals surface area contributed by atoms with Gasteiger partial charge in [-0.1, -0.05) is 15.9 Å². The lowest BCUT2D eigenvalue weighted by Gasteiger charge is -2.09. The van der Waals surface area contributed by atoms with Crippen molar-refractivity contribution in [2.75, 3.05) is 0 Å². The standard InChI is InChI=1S/C13H9BrN2O2/c14-10-5-3-9(4-6-10)13(17)16-11(8-15)12-2-1-7-18-12/h1-7,11H,(H,16,17). The third-order valence-electron chi connectivity index (χ3n) is 2.34. The SMILES string of the molecule is N#CC(NC(=O)c1ccc(Br)cc1)c1ccco1. The van der Waals surface area contributed by atoms with Gasteiger partial charge < -0.3 is 9.73 Å². The van der Waals surface area contributed by atoms with E-state index in [1.165, 1.54) is 6.26 Å². The van der Waals surface area contributed by atoms with E-state index in [-0.39, 0.29) is 5.91 Å². The average Bonchev–Trinajstić information content (AvgIpc) is 2.90. The molecule has 0 saturated heterocycles. The molecule has 5 heteroatoms. The van der Waals surface area contributed by atoms with Crippen LogP contribution in [0.3, 0.4) is 0 Å². The van der Waals surface area contributed by atoms with E-state index in [2.05, 4.69) is 21.2 Å². The number of carbonyl (C=O) groups excluding carboxylic acids is 1. The fourth-order valence-corrected chi connectivity index (χ4v) is 1.70. The molecule has 1 heterocycles. The number of nitrogens with zero attached hydrogens (tertiary/aromatic N) is 1. The molecule has 0 aliphatic heterocycles. The van der Waals surface area contributed by atoms with Crippen LogP contribution in [0.1, 0.15) is 22.2 Å². The van der Waals surface area contributed by atoms with Gasteiger partial charge in [-0.3, -0.25) is 4.79 Å². The molecule has 0 saturated carbocycles. The summed E-state index contributed by atoms with van der Waals surface area (Å²) in [5.41, 5.74) is 0.491. The molecular weight excluding hydrogens is 296 g/mol. The highest BCUT2D eigenvalue weighted by Crippen LogP contribution is 2.14. The molecule has 0 spiro atoms. The van der Waals surface area contributed by atoms with Crippen molar-refractivity contribution >= 4 is 21.8 Å². The molecule has 1 aromatic heterocycles. The molecule has 1 amide bonds. The monoisotopic (exact) mass is 304 g/mol. The highest BCUT2D eigenvalue weighted by atomic mass is 79.9. The Labute approximate surface area is 112 Å². The molecule has 0 bridgehead atoms. The summed E-state index contributed by atoms with van der Waals surface area (Å²) in [4.78, 5) is 11.9. The third kappa shape index (κ3) is 2.79. The van der Waals surface area contributed by atoms with Crippen LogP contribution in [0, 0.1) is 11.3 Å². The van der Waals surface area contributed by atoms with Gasteiger partial charge in [0.05, 0.1) is 12.3 Å². The summed E-state index contributed by atoms with van der Waals surface area (Å²) < 4.78 is 5.99. The van der Waals surface area contributed by atoms with Crippen LogP contribution in [-0.2, 0) is 0 Å². The Bertz CT molecular complexity index is 570. The maximum Gasteiger partial charge on any atom is 0.252 e. The predicted molar refractivity (Wildman–Crippen MR) is 68.7 cm³/mol. The number of hydrogen-bond acceptors (Lipinski definition) is 3. The second kappa shape index (κ2) is 5.52. The van der Waals surface area contributed by atoms with E-state index in [0.29, 0.717) is 11.3 Å². The van der Waals surface area contributed by atoms with E-state index < -0.39 is 6.04 Å². The number of nitrogens with one attached hydrogen (secondary N) is 1. The predicted octanol–water partition coefficient (Wildman–Crippen LogP) is 3.04. The molecule has 1 N–H and O–H groups in total. The fraction of sp³-hybridized carbons (Fsp3) is 0.0769. The van der Waals surface area contributed by atoms with Crippen molar-refractivity contribution in [1.82, 2.24) is 5.32 Å². The van der Waals surface area contributed by atoms with Crippen molar-refractivity contribution in [2.24, 2.45) is 0 Å². The molecule has 1 unspecified atom stereocenters. The maximum atomic E-state index is 11.9. The van der Waals surface area contributed by atoms with Gasteiger partial charge in [-0.25, -0.2) is 0 Å². The zero-order valence-electron chi connectivity index (χ0n) is 9.26. The Morgan fingerprint density at radius 2 is 2.06 bits per heavy atom. The van der Waals surface area contributed by atoms with Crippen molar-refractivity contribution in [2.45, 2.75) is 6.04 Å². The van der Waals surface area contributed by atoms with Gasteiger partial charge in [-0.15, -0.1) is 0 Å². The second-order valence-corrected chi connectivity index (χ2v) is 4.47. The molecule has 1 atom stereocenters. The topological polar surface area (TPSA) is 66.0 Å². The Balaban J connectivity index is 2.11. The van der Waals surface area contributed by atoms with E-state index in [1.54, 1.807) is 36.4 Å². The first-order valence-electron chi connectivity index (χ1n) is 5.20. The summed E-state index contributed by atoms with van der Waals surface area (Å²) in [5.74, 6) is 0.105. The van der Waals surface area contributed by atoms with Crippen molar-refractivity contribution in [1.29, 1.82) is 5.26 Å². The lowest BCUT2D eigenvalue weighted by atomic mass is 10.2. The van der Waals surface area contributed by atoms with Gasteiger partial charge >= 0.3 is 0 Å². The van der Waals surface area contributed by atoms with Gasteiger partial charge in [0.25, 0.3) is 5.91 Å². The number of hydrogen-bond donors (Lipinski definition) is 1. The highest BCUT2D eigenvalue weighted by molar-refractivity contribution is 9.10. The molecule has 0 fully saturated rings. The zero-order valence-corrected chi connectivity index (χ0v) is 10.8. The van der Waals surface area contributed by atoms with E-state index in [4.69, 9.17) is 9.68 Å². The normalized spacial score (nSPS) is 11.6.